The van der Waals surface area contributed by atoms with Gasteiger partial charge in [0.2, 0.25) is 0 Å². The summed E-state index contributed by atoms with van der Waals surface area (Å²) in [5, 5.41) is 3.41. The van der Waals surface area contributed by atoms with Gasteiger partial charge < -0.3 is 5.32 Å². The normalized spacial score (nSPS) is 21.6. The molecule has 13 heavy (non-hydrogen) atoms. The zero-order valence-electron chi connectivity index (χ0n) is 8.38. The maximum Gasteiger partial charge on any atom is 0.0332 e. The summed E-state index contributed by atoms with van der Waals surface area (Å²) in [6.45, 7) is 5.64. The minimum atomic E-state index is 0.626. The second-order valence-electron chi connectivity index (χ2n) is 4.12. The molecule has 1 saturated heterocycles. The van der Waals surface area contributed by atoms with E-state index in [1.807, 2.05) is 0 Å². The van der Waals surface area contributed by atoms with Gasteiger partial charge in [-0.1, -0.05) is 38.1 Å². The van der Waals surface area contributed by atoms with E-state index >= 15 is 0 Å². The molecule has 0 unspecified atom stereocenters. The van der Waals surface area contributed by atoms with Crippen molar-refractivity contribution in [1.82, 2.24) is 5.32 Å². The second kappa shape index (κ2) is 3.51. The van der Waals surface area contributed by atoms with E-state index in [-0.39, 0.29) is 0 Å². The van der Waals surface area contributed by atoms with Crippen LogP contribution in [0, 0.1) is 0 Å². The summed E-state index contributed by atoms with van der Waals surface area (Å²) in [6.07, 6.45) is 1.29. The summed E-state index contributed by atoms with van der Waals surface area (Å²) >= 11 is 0. The number of benzene rings is 1. The third kappa shape index (κ3) is 1.75. The Balaban J connectivity index is 2.13. The molecule has 1 fully saturated rings. The van der Waals surface area contributed by atoms with E-state index < -0.39 is 0 Å². The SMILES string of the molecule is CC(C)c1ccc([C@@H]2CCN2)cc1. The minimum Gasteiger partial charge on any atom is -0.310 e. The number of rotatable bonds is 2. The van der Waals surface area contributed by atoms with Crippen LogP contribution >= 0.6 is 0 Å². The molecule has 1 N–H and O–H groups in total. The van der Waals surface area contributed by atoms with Crippen molar-refractivity contribution < 1.29 is 0 Å². The molecule has 1 aliphatic heterocycles. The van der Waals surface area contributed by atoms with Gasteiger partial charge in [0, 0.05) is 6.04 Å². The maximum absolute atomic E-state index is 3.41. The molecule has 1 atom stereocenters. The van der Waals surface area contributed by atoms with E-state index in [2.05, 4.69) is 43.4 Å². The van der Waals surface area contributed by atoms with Crippen molar-refractivity contribution in [2.45, 2.75) is 32.2 Å². The Morgan fingerprint density at radius 2 is 1.85 bits per heavy atom. The molecule has 0 radical (unpaired) electrons. The fourth-order valence-corrected chi connectivity index (χ4v) is 1.69. The van der Waals surface area contributed by atoms with Gasteiger partial charge >= 0.3 is 0 Å². The summed E-state index contributed by atoms with van der Waals surface area (Å²) in [5.74, 6) is 0.642. The summed E-state index contributed by atoms with van der Waals surface area (Å²) in [5.41, 5.74) is 2.87. The average molecular weight is 175 g/mol. The Bertz CT molecular complexity index is 270. The van der Waals surface area contributed by atoms with Crippen molar-refractivity contribution in [2.24, 2.45) is 0 Å². The Morgan fingerprint density at radius 3 is 2.23 bits per heavy atom. The standard InChI is InChI=1S/C12H17N/c1-9(2)10-3-5-11(6-4-10)12-7-8-13-12/h3-6,9,12-13H,7-8H2,1-2H3/t12-/m0/s1. The third-order valence-corrected chi connectivity index (χ3v) is 2.83. The molecule has 1 aromatic carbocycles. The fourth-order valence-electron chi connectivity index (χ4n) is 1.69. The highest BCUT2D eigenvalue weighted by atomic mass is 15.0. The lowest BCUT2D eigenvalue weighted by Gasteiger charge is -2.28. The zero-order chi connectivity index (χ0) is 9.26. The largest absolute Gasteiger partial charge is 0.310 e. The van der Waals surface area contributed by atoms with Crippen molar-refractivity contribution in [2.75, 3.05) is 6.54 Å². The first-order chi connectivity index (χ1) is 6.27. The topological polar surface area (TPSA) is 12.0 Å². The van der Waals surface area contributed by atoms with E-state index in [0.717, 1.165) is 0 Å². The van der Waals surface area contributed by atoms with Crippen molar-refractivity contribution >= 4 is 0 Å². The van der Waals surface area contributed by atoms with Crippen LogP contribution in [0.4, 0.5) is 0 Å². The van der Waals surface area contributed by atoms with Gasteiger partial charge in [0.15, 0.2) is 0 Å². The Kier molecular flexibility index (Phi) is 2.36. The molecule has 70 valence electrons. The smallest absolute Gasteiger partial charge is 0.0332 e. The molecule has 0 spiro atoms. The lowest BCUT2D eigenvalue weighted by Crippen LogP contribution is -2.34. The molecule has 1 aromatic rings. The van der Waals surface area contributed by atoms with Crippen LogP contribution in [0.3, 0.4) is 0 Å². The van der Waals surface area contributed by atoms with Crippen LogP contribution in [0.5, 0.6) is 0 Å². The molecule has 0 aromatic heterocycles. The minimum absolute atomic E-state index is 0.626. The number of nitrogens with one attached hydrogen (secondary N) is 1. The summed E-state index contributed by atoms with van der Waals surface area (Å²) in [6, 6.07) is 9.64. The predicted molar refractivity (Wildman–Crippen MR) is 55.9 cm³/mol. The molecule has 0 aliphatic carbocycles. The first-order valence-electron chi connectivity index (χ1n) is 5.10. The van der Waals surface area contributed by atoms with Gasteiger partial charge in [0.05, 0.1) is 0 Å². The molecule has 0 amide bonds. The molecular weight excluding hydrogens is 158 g/mol. The molecule has 2 rings (SSSR count). The van der Waals surface area contributed by atoms with Gasteiger partial charge in [-0.25, -0.2) is 0 Å². The van der Waals surface area contributed by atoms with Gasteiger partial charge in [0.25, 0.3) is 0 Å². The lowest BCUT2D eigenvalue weighted by atomic mass is 9.95. The number of hydrogen-bond donors (Lipinski definition) is 1. The van der Waals surface area contributed by atoms with Crippen LogP contribution in [0.1, 0.15) is 43.4 Å². The maximum atomic E-state index is 3.41. The van der Waals surface area contributed by atoms with Crippen LogP contribution in [0.2, 0.25) is 0 Å². The Hall–Kier alpha value is -0.820. The van der Waals surface area contributed by atoms with E-state index in [4.69, 9.17) is 0 Å². The third-order valence-electron chi connectivity index (χ3n) is 2.83. The summed E-state index contributed by atoms with van der Waals surface area (Å²) in [7, 11) is 0. The summed E-state index contributed by atoms with van der Waals surface area (Å²) < 4.78 is 0. The molecule has 1 heterocycles. The van der Waals surface area contributed by atoms with Crippen LogP contribution in [-0.4, -0.2) is 6.54 Å². The highest BCUT2D eigenvalue weighted by molar-refractivity contribution is 5.27. The van der Waals surface area contributed by atoms with Gasteiger partial charge in [-0.15, -0.1) is 0 Å². The van der Waals surface area contributed by atoms with Crippen molar-refractivity contribution in [1.29, 1.82) is 0 Å². The van der Waals surface area contributed by atoms with Crippen molar-refractivity contribution in [3.05, 3.63) is 35.4 Å². The van der Waals surface area contributed by atoms with Gasteiger partial charge in [-0.05, 0) is 30.0 Å². The van der Waals surface area contributed by atoms with E-state index in [9.17, 15) is 0 Å². The molecular formula is C12H17N. The lowest BCUT2D eigenvalue weighted by molar-refractivity contribution is 0.383. The molecule has 0 saturated carbocycles. The quantitative estimate of drug-likeness (QED) is 0.728. The van der Waals surface area contributed by atoms with Crippen LogP contribution < -0.4 is 5.32 Å². The molecule has 0 bridgehead atoms. The van der Waals surface area contributed by atoms with Gasteiger partial charge in [0.1, 0.15) is 0 Å². The molecule has 1 aliphatic rings. The summed E-state index contributed by atoms with van der Waals surface area (Å²) in [4.78, 5) is 0. The van der Waals surface area contributed by atoms with Crippen molar-refractivity contribution in [3.63, 3.8) is 0 Å². The van der Waals surface area contributed by atoms with Gasteiger partial charge in [-0.3, -0.25) is 0 Å². The highest BCUT2D eigenvalue weighted by Gasteiger charge is 2.17. The van der Waals surface area contributed by atoms with Crippen molar-refractivity contribution in [3.8, 4) is 0 Å². The van der Waals surface area contributed by atoms with Crippen LogP contribution in [-0.2, 0) is 0 Å². The van der Waals surface area contributed by atoms with E-state index in [1.165, 1.54) is 24.1 Å². The van der Waals surface area contributed by atoms with E-state index in [0.29, 0.717) is 12.0 Å². The fraction of sp³-hybridized carbons (Fsp3) is 0.500. The Labute approximate surface area is 80.2 Å². The zero-order valence-corrected chi connectivity index (χ0v) is 8.38. The molecule has 1 nitrogen and oxygen atoms in total. The Morgan fingerprint density at radius 1 is 1.23 bits per heavy atom. The first-order valence-corrected chi connectivity index (χ1v) is 5.10. The van der Waals surface area contributed by atoms with E-state index in [1.54, 1.807) is 0 Å². The second-order valence-corrected chi connectivity index (χ2v) is 4.12. The monoisotopic (exact) mass is 175 g/mol. The van der Waals surface area contributed by atoms with Gasteiger partial charge in [-0.2, -0.15) is 0 Å². The molecule has 1 heteroatoms. The van der Waals surface area contributed by atoms with Crippen LogP contribution in [0.15, 0.2) is 24.3 Å². The van der Waals surface area contributed by atoms with Crippen LogP contribution in [0.25, 0.3) is 0 Å². The highest BCUT2D eigenvalue weighted by Crippen LogP contribution is 2.24. The predicted octanol–water partition coefficient (Wildman–Crippen LogP) is 2.84. The number of hydrogen-bond acceptors (Lipinski definition) is 1. The first kappa shape index (κ1) is 8.76. The average Bonchev–Trinajstić information content (AvgIpc) is 2.02.